The Morgan fingerprint density at radius 1 is 1.62 bits per heavy atom. The maximum atomic E-state index is 10.5. The molecular formula is C7H3BrN2O2S. The minimum Gasteiger partial charge on any atom is -0.258 e. The van der Waals surface area contributed by atoms with Crippen molar-refractivity contribution in [1.29, 1.82) is 5.26 Å². The molecule has 0 atom stereocenters. The first-order valence-corrected chi connectivity index (χ1v) is 4.76. The van der Waals surface area contributed by atoms with E-state index in [4.69, 9.17) is 5.26 Å². The number of thiocyanates is 1. The van der Waals surface area contributed by atoms with Crippen LogP contribution >= 0.6 is 27.7 Å². The number of halogens is 1. The van der Waals surface area contributed by atoms with Crippen molar-refractivity contribution >= 4 is 33.4 Å². The van der Waals surface area contributed by atoms with Crippen LogP contribution in [0.2, 0.25) is 0 Å². The van der Waals surface area contributed by atoms with Gasteiger partial charge in [0.15, 0.2) is 0 Å². The topological polar surface area (TPSA) is 66.9 Å². The van der Waals surface area contributed by atoms with Crippen LogP contribution < -0.4 is 0 Å². The van der Waals surface area contributed by atoms with Crippen molar-refractivity contribution in [2.75, 3.05) is 0 Å². The van der Waals surface area contributed by atoms with Crippen LogP contribution in [0.5, 0.6) is 0 Å². The summed E-state index contributed by atoms with van der Waals surface area (Å²) < 4.78 is 0.563. The van der Waals surface area contributed by atoms with Crippen LogP contribution in [0.25, 0.3) is 0 Å². The second-order valence-electron chi connectivity index (χ2n) is 2.04. The normalized spacial score (nSPS) is 9.23. The molecule has 0 unspecified atom stereocenters. The summed E-state index contributed by atoms with van der Waals surface area (Å²) in [4.78, 5) is 10.3. The molecule has 0 aliphatic heterocycles. The molecule has 0 heterocycles. The zero-order valence-electron chi connectivity index (χ0n) is 6.23. The van der Waals surface area contributed by atoms with Gasteiger partial charge in [0.1, 0.15) is 10.3 Å². The highest BCUT2D eigenvalue weighted by Crippen LogP contribution is 2.34. The highest BCUT2D eigenvalue weighted by atomic mass is 79.9. The Hall–Kier alpha value is -1.06. The molecule has 6 heteroatoms. The monoisotopic (exact) mass is 258 g/mol. The van der Waals surface area contributed by atoms with E-state index in [1.54, 1.807) is 17.5 Å². The first-order chi connectivity index (χ1) is 6.16. The summed E-state index contributed by atoms with van der Waals surface area (Å²) in [6, 6.07) is 4.58. The van der Waals surface area contributed by atoms with E-state index < -0.39 is 4.92 Å². The SMILES string of the molecule is N#CSc1c(Br)cccc1[N+](=O)[O-]. The number of nitrogens with zero attached hydrogens (tertiary/aromatic N) is 2. The van der Waals surface area contributed by atoms with E-state index >= 15 is 0 Å². The van der Waals surface area contributed by atoms with Crippen molar-refractivity contribution in [3.63, 3.8) is 0 Å². The average molecular weight is 259 g/mol. The lowest BCUT2D eigenvalue weighted by Gasteiger charge is -1.98. The van der Waals surface area contributed by atoms with E-state index in [1.165, 1.54) is 6.07 Å². The summed E-state index contributed by atoms with van der Waals surface area (Å²) in [6.45, 7) is 0. The predicted octanol–water partition coefficient (Wildman–Crippen LogP) is 2.93. The Morgan fingerprint density at radius 3 is 2.85 bits per heavy atom. The molecule has 0 fully saturated rings. The summed E-state index contributed by atoms with van der Waals surface area (Å²) >= 11 is 3.91. The average Bonchev–Trinajstić information content (AvgIpc) is 2.08. The number of hydrogen-bond donors (Lipinski definition) is 0. The minimum atomic E-state index is -0.509. The molecule has 0 amide bonds. The van der Waals surface area contributed by atoms with Gasteiger partial charge in [-0.25, -0.2) is 0 Å². The zero-order valence-corrected chi connectivity index (χ0v) is 8.63. The molecule has 0 saturated heterocycles. The van der Waals surface area contributed by atoms with Crippen molar-refractivity contribution < 1.29 is 4.92 Å². The van der Waals surface area contributed by atoms with Crippen LogP contribution in [0.15, 0.2) is 27.6 Å². The number of nitro benzene ring substituents is 1. The molecule has 66 valence electrons. The summed E-state index contributed by atoms with van der Waals surface area (Å²) in [5.74, 6) is 0. The molecular weight excluding hydrogens is 256 g/mol. The van der Waals surface area contributed by atoms with Gasteiger partial charge < -0.3 is 0 Å². The molecule has 0 aliphatic rings. The van der Waals surface area contributed by atoms with E-state index in [2.05, 4.69) is 15.9 Å². The molecule has 0 radical (unpaired) electrons. The number of thioether (sulfide) groups is 1. The second-order valence-corrected chi connectivity index (χ2v) is 3.69. The van der Waals surface area contributed by atoms with E-state index in [9.17, 15) is 10.1 Å². The summed E-state index contributed by atoms with van der Waals surface area (Å²) in [5.41, 5.74) is -0.0547. The van der Waals surface area contributed by atoms with E-state index in [-0.39, 0.29) is 5.69 Å². The van der Waals surface area contributed by atoms with Crippen LogP contribution in [-0.2, 0) is 0 Å². The molecule has 1 rings (SSSR count). The number of nitro groups is 1. The van der Waals surface area contributed by atoms with Gasteiger partial charge in [-0.15, -0.1) is 0 Å². The molecule has 0 spiro atoms. The molecule has 13 heavy (non-hydrogen) atoms. The number of rotatable bonds is 2. The fourth-order valence-electron chi connectivity index (χ4n) is 0.788. The lowest BCUT2D eigenvalue weighted by molar-refractivity contribution is -0.387. The van der Waals surface area contributed by atoms with Gasteiger partial charge in [-0.1, -0.05) is 6.07 Å². The van der Waals surface area contributed by atoms with Crippen LogP contribution in [0.3, 0.4) is 0 Å². The van der Waals surface area contributed by atoms with Gasteiger partial charge in [-0.05, 0) is 33.8 Å². The van der Waals surface area contributed by atoms with Gasteiger partial charge in [-0.2, -0.15) is 5.26 Å². The highest BCUT2D eigenvalue weighted by Gasteiger charge is 2.16. The molecule has 0 aromatic heterocycles. The molecule has 4 nitrogen and oxygen atoms in total. The highest BCUT2D eigenvalue weighted by molar-refractivity contribution is 9.10. The van der Waals surface area contributed by atoms with Crippen molar-refractivity contribution in [2.45, 2.75) is 4.90 Å². The van der Waals surface area contributed by atoms with Crippen LogP contribution in [0.1, 0.15) is 0 Å². The lowest BCUT2D eigenvalue weighted by Crippen LogP contribution is -1.90. The predicted molar refractivity (Wildman–Crippen MR) is 52.3 cm³/mol. The number of nitriles is 1. The Bertz CT molecular complexity index is 389. The molecule has 0 aliphatic carbocycles. The first kappa shape index (κ1) is 10.0. The Morgan fingerprint density at radius 2 is 2.31 bits per heavy atom. The molecule has 1 aromatic carbocycles. The fourth-order valence-corrected chi connectivity index (χ4v) is 1.89. The van der Waals surface area contributed by atoms with Crippen molar-refractivity contribution in [2.24, 2.45) is 0 Å². The Kier molecular flexibility index (Phi) is 3.28. The van der Waals surface area contributed by atoms with E-state index in [1.807, 2.05) is 0 Å². The lowest BCUT2D eigenvalue weighted by atomic mass is 10.3. The van der Waals surface area contributed by atoms with Crippen LogP contribution in [0, 0.1) is 20.8 Å². The zero-order chi connectivity index (χ0) is 9.84. The first-order valence-electron chi connectivity index (χ1n) is 3.15. The smallest absolute Gasteiger partial charge is 0.258 e. The van der Waals surface area contributed by atoms with Crippen molar-refractivity contribution in [3.05, 3.63) is 32.8 Å². The largest absolute Gasteiger partial charge is 0.285 e. The van der Waals surface area contributed by atoms with Crippen molar-refractivity contribution in [1.82, 2.24) is 0 Å². The minimum absolute atomic E-state index is 0.0547. The van der Waals surface area contributed by atoms with E-state index in [0.717, 1.165) is 11.8 Å². The quantitative estimate of drug-likeness (QED) is 0.354. The van der Waals surface area contributed by atoms with Gasteiger partial charge in [0.25, 0.3) is 5.69 Å². The molecule has 1 aromatic rings. The van der Waals surface area contributed by atoms with Crippen LogP contribution in [0.4, 0.5) is 5.69 Å². The molecule has 0 bridgehead atoms. The third-order valence-electron chi connectivity index (χ3n) is 1.29. The standard InChI is InChI=1S/C7H3BrN2O2S/c8-5-2-1-3-6(10(11)12)7(5)13-4-9/h1-3H. The van der Waals surface area contributed by atoms with Gasteiger partial charge in [0.05, 0.1) is 4.92 Å². The molecule has 0 saturated carbocycles. The van der Waals surface area contributed by atoms with Gasteiger partial charge in [0, 0.05) is 10.5 Å². The van der Waals surface area contributed by atoms with E-state index in [0.29, 0.717) is 9.37 Å². The Labute approximate surface area is 86.8 Å². The van der Waals surface area contributed by atoms with Crippen LogP contribution in [-0.4, -0.2) is 4.92 Å². The number of benzene rings is 1. The summed E-state index contributed by atoms with van der Waals surface area (Å²) in [6.07, 6.45) is 0. The van der Waals surface area contributed by atoms with Gasteiger partial charge >= 0.3 is 0 Å². The maximum absolute atomic E-state index is 10.5. The summed E-state index contributed by atoms with van der Waals surface area (Å²) in [5, 5.41) is 20.7. The molecule has 0 N–H and O–H groups in total. The van der Waals surface area contributed by atoms with Gasteiger partial charge in [-0.3, -0.25) is 10.1 Å². The third-order valence-corrected chi connectivity index (χ3v) is 2.94. The summed E-state index contributed by atoms with van der Waals surface area (Å²) in [7, 11) is 0. The maximum Gasteiger partial charge on any atom is 0.285 e. The Balaban J connectivity index is 3.27. The van der Waals surface area contributed by atoms with Gasteiger partial charge in [0.2, 0.25) is 0 Å². The third kappa shape index (κ3) is 2.20. The fraction of sp³-hybridized carbons (Fsp3) is 0. The van der Waals surface area contributed by atoms with Crippen molar-refractivity contribution in [3.8, 4) is 5.40 Å². The second kappa shape index (κ2) is 4.25. The number of hydrogen-bond acceptors (Lipinski definition) is 4.